The zero-order chi connectivity index (χ0) is 39.3. The Morgan fingerprint density at radius 2 is 0.879 bits per heavy atom. The van der Waals surface area contributed by atoms with Crippen LogP contribution in [0.25, 0.3) is 101 Å². The van der Waals surface area contributed by atoms with Gasteiger partial charge in [-0.15, -0.1) is 0 Å². The summed E-state index contributed by atoms with van der Waals surface area (Å²) in [5.41, 5.74) is 10.9. The molecular weight excluding hydrogens is 848 g/mol. The van der Waals surface area contributed by atoms with Crippen LogP contribution in [0.1, 0.15) is 0 Å². The van der Waals surface area contributed by atoms with E-state index >= 15 is 0 Å². The minimum absolute atomic E-state index is 0.135. The van der Waals surface area contributed by atoms with Crippen LogP contribution >= 0.6 is 22.6 Å². The van der Waals surface area contributed by atoms with Gasteiger partial charge in [-0.25, -0.2) is 28.1 Å². The van der Waals surface area contributed by atoms with Gasteiger partial charge in [-0.1, -0.05) is 78.9 Å². The summed E-state index contributed by atoms with van der Waals surface area (Å²) >= 11 is 2.13. The number of benzene rings is 6. The highest BCUT2D eigenvalue weighted by atomic mass is 127. The van der Waals surface area contributed by atoms with Gasteiger partial charge in [-0.2, -0.15) is 0 Å². The summed E-state index contributed by atoms with van der Waals surface area (Å²) in [6.07, 6.45) is 1.75. The van der Waals surface area contributed by atoms with Gasteiger partial charge in [0.1, 0.15) is 11.0 Å². The fraction of sp³-hybridized carbons (Fsp3) is 0. The van der Waals surface area contributed by atoms with Crippen LogP contribution in [0.3, 0.4) is 0 Å². The van der Waals surface area contributed by atoms with E-state index in [0.29, 0.717) is 17.0 Å². The first-order valence-corrected chi connectivity index (χ1v) is 19.3. The van der Waals surface area contributed by atoms with Crippen LogP contribution in [-0.2, 0) is 0 Å². The van der Waals surface area contributed by atoms with Gasteiger partial charge in [0.25, 0.3) is 0 Å². The number of fused-ring (bicyclic) bond motifs is 2. The van der Waals surface area contributed by atoms with Crippen LogP contribution in [0.4, 0.5) is 13.2 Å². The quantitative estimate of drug-likeness (QED) is 0.148. The lowest BCUT2D eigenvalue weighted by molar-refractivity contribution is 0.560. The van der Waals surface area contributed by atoms with Crippen LogP contribution in [-0.4, -0.2) is 19.9 Å². The maximum atomic E-state index is 14.4. The van der Waals surface area contributed by atoms with Crippen LogP contribution in [0, 0.1) is 21.0 Å². The molecule has 10 rings (SSSR count). The topological polar surface area (TPSA) is 77.8 Å². The molecule has 0 aliphatic carbocycles. The van der Waals surface area contributed by atoms with Gasteiger partial charge in [0.15, 0.2) is 28.6 Å². The number of rotatable bonds is 7. The smallest absolute Gasteiger partial charge is 0.227 e. The van der Waals surface area contributed by atoms with Crippen molar-refractivity contribution in [1.82, 2.24) is 19.9 Å². The highest BCUT2D eigenvalue weighted by molar-refractivity contribution is 14.1. The Labute approximate surface area is 342 Å². The molecule has 0 atom stereocenters. The van der Waals surface area contributed by atoms with E-state index in [0.717, 1.165) is 77.3 Å². The molecular formula is C48H26F3IN4O2. The average molecular weight is 875 g/mol. The monoisotopic (exact) mass is 874 g/mol. The highest BCUT2D eigenvalue weighted by Gasteiger charge is 2.18. The SMILES string of the molecule is Fc1ccc(F)c2oc(-c3ccc(-c4ccc(-c5nc(-c6ccccn6)ccc5-c5ccc(-c6ccc(-c7nc8c(I)ccc(F)c8o7)cc6)cc5)cc4)cc3)nc12. The second-order valence-electron chi connectivity index (χ2n) is 13.6. The van der Waals surface area contributed by atoms with Crippen molar-refractivity contribution in [3.05, 3.63) is 179 Å². The predicted octanol–water partition coefficient (Wildman–Crippen LogP) is 13.4. The molecule has 0 fully saturated rings. The Balaban J connectivity index is 0.939. The van der Waals surface area contributed by atoms with Crippen LogP contribution in [0.15, 0.2) is 167 Å². The Morgan fingerprint density at radius 1 is 0.397 bits per heavy atom. The highest BCUT2D eigenvalue weighted by Crippen LogP contribution is 2.37. The van der Waals surface area contributed by atoms with Gasteiger partial charge >= 0.3 is 0 Å². The average Bonchev–Trinajstić information content (AvgIpc) is 3.95. The second kappa shape index (κ2) is 14.5. The summed E-state index contributed by atoms with van der Waals surface area (Å²) in [6.45, 7) is 0. The second-order valence-corrected chi connectivity index (χ2v) is 14.7. The van der Waals surface area contributed by atoms with Gasteiger partial charge < -0.3 is 8.83 Å². The molecule has 0 bridgehead atoms. The molecule has 0 saturated heterocycles. The van der Waals surface area contributed by atoms with E-state index < -0.39 is 17.5 Å². The van der Waals surface area contributed by atoms with Crippen molar-refractivity contribution in [3.63, 3.8) is 0 Å². The minimum atomic E-state index is -0.664. The van der Waals surface area contributed by atoms with E-state index in [-0.39, 0.29) is 22.6 Å². The third-order valence-corrected chi connectivity index (χ3v) is 10.9. The molecule has 0 saturated carbocycles. The summed E-state index contributed by atoms with van der Waals surface area (Å²) < 4.78 is 55.0. The maximum Gasteiger partial charge on any atom is 0.227 e. The van der Waals surface area contributed by atoms with E-state index in [1.165, 1.54) is 6.07 Å². The molecule has 0 amide bonds. The predicted molar refractivity (Wildman–Crippen MR) is 228 cm³/mol. The van der Waals surface area contributed by atoms with Crippen LogP contribution in [0.2, 0.25) is 0 Å². The molecule has 10 aromatic rings. The first-order valence-electron chi connectivity index (χ1n) is 18.2. The number of aromatic nitrogens is 4. The van der Waals surface area contributed by atoms with E-state index in [4.69, 9.17) is 13.8 Å². The lowest BCUT2D eigenvalue weighted by Gasteiger charge is -2.13. The zero-order valence-electron chi connectivity index (χ0n) is 30.1. The van der Waals surface area contributed by atoms with Gasteiger partial charge in [-0.3, -0.25) is 4.98 Å². The first-order chi connectivity index (χ1) is 28.4. The van der Waals surface area contributed by atoms with Crippen molar-refractivity contribution in [1.29, 1.82) is 0 Å². The zero-order valence-corrected chi connectivity index (χ0v) is 32.3. The molecule has 0 spiro atoms. The summed E-state index contributed by atoms with van der Waals surface area (Å²) in [5.74, 6) is -1.23. The molecule has 0 unspecified atom stereocenters. The molecule has 0 aliphatic rings. The lowest BCUT2D eigenvalue weighted by Crippen LogP contribution is -1.94. The maximum absolute atomic E-state index is 14.4. The van der Waals surface area contributed by atoms with Gasteiger partial charge in [0.2, 0.25) is 11.8 Å². The third kappa shape index (κ3) is 6.50. The largest absolute Gasteiger partial charge is 0.433 e. The van der Waals surface area contributed by atoms with Gasteiger partial charge in [0.05, 0.1) is 17.1 Å². The van der Waals surface area contributed by atoms with Crippen molar-refractivity contribution >= 4 is 44.8 Å². The van der Waals surface area contributed by atoms with Crippen molar-refractivity contribution in [2.45, 2.75) is 0 Å². The summed E-state index contributed by atoms with van der Waals surface area (Å²) in [7, 11) is 0. The third-order valence-electron chi connectivity index (χ3n) is 10.00. The molecule has 278 valence electrons. The number of halogens is 4. The Morgan fingerprint density at radius 3 is 1.41 bits per heavy atom. The van der Waals surface area contributed by atoms with Gasteiger partial charge in [-0.05, 0) is 123 Å². The van der Waals surface area contributed by atoms with Gasteiger partial charge in [0, 0.05) is 32.0 Å². The number of hydrogen-bond donors (Lipinski definition) is 0. The Hall–Kier alpha value is -6.92. The Kier molecular flexibility index (Phi) is 8.90. The summed E-state index contributed by atoms with van der Waals surface area (Å²) in [4.78, 5) is 18.4. The molecule has 4 aromatic heterocycles. The standard InChI is InChI=1S/C48H26F3IN4O2/c49-36-21-22-37(50)45-43(36)55-47(57-45)33-16-8-30(9-17-33)28-6-14-32(15-7-28)42-35(20-25-41(54-42)40-3-1-2-26-53-40)31-12-4-27(5-13-31)29-10-18-34(19-11-29)48-56-44-39(52)24-23-38(51)46(44)58-48/h1-26H. The fourth-order valence-electron chi connectivity index (χ4n) is 6.98. The van der Waals surface area contributed by atoms with Crippen molar-refractivity contribution in [2.24, 2.45) is 0 Å². The molecule has 58 heavy (non-hydrogen) atoms. The number of pyridine rings is 2. The first kappa shape index (κ1) is 35.5. The fourth-order valence-corrected chi connectivity index (χ4v) is 7.52. The molecule has 6 aromatic carbocycles. The molecule has 0 radical (unpaired) electrons. The normalized spacial score (nSPS) is 11.4. The van der Waals surface area contributed by atoms with E-state index in [1.54, 1.807) is 12.3 Å². The molecule has 0 aliphatic heterocycles. The van der Waals surface area contributed by atoms with E-state index in [9.17, 15) is 13.2 Å². The van der Waals surface area contributed by atoms with Crippen LogP contribution in [0.5, 0.6) is 0 Å². The molecule has 10 heteroatoms. The van der Waals surface area contributed by atoms with Crippen LogP contribution < -0.4 is 0 Å². The van der Waals surface area contributed by atoms with Crippen molar-refractivity contribution < 1.29 is 22.0 Å². The molecule has 6 nitrogen and oxygen atoms in total. The van der Waals surface area contributed by atoms with Crippen molar-refractivity contribution in [3.8, 4) is 78.9 Å². The van der Waals surface area contributed by atoms with E-state index in [1.807, 2.05) is 97.1 Å². The summed E-state index contributed by atoms with van der Waals surface area (Å²) in [5, 5.41) is 0. The summed E-state index contributed by atoms with van der Waals surface area (Å²) in [6, 6.07) is 46.8. The number of hydrogen-bond acceptors (Lipinski definition) is 6. The number of nitrogens with zero attached hydrogens (tertiary/aromatic N) is 4. The lowest BCUT2D eigenvalue weighted by atomic mass is 9.95. The number of oxazole rings is 2. The Bertz CT molecular complexity index is 3050. The minimum Gasteiger partial charge on any atom is -0.433 e. The van der Waals surface area contributed by atoms with Crippen molar-refractivity contribution in [2.75, 3.05) is 0 Å². The van der Waals surface area contributed by atoms with E-state index in [2.05, 4.69) is 67.9 Å². The molecule has 4 heterocycles. The molecule has 0 N–H and O–H groups in total.